The van der Waals surface area contributed by atoms with Crippen LogP contribution in [-0.4, -0.2) is 0 Å². The SMILES string of the molecule is CC(CCCc1ccc(F)cc1)c1ccccc1. The van der Waals surface area contributed by atoms with Crippen LogP contribution in [0.3, 0.4) is 0 Å². The topological polar surface area (TPSA) is 0 Å². The largest absolute Gasteiger partial charge is 0.207 e. The Bertz CT molecular complexity index is 459. The molecular formula is C17H19F. The first-order valence-electron chi connectivity index (χ1n) is 6.55. The number of halogens is 1. The molecule has 0 aromatic heterocycles. The third-order valence-electron chi connectivity index (χ3n) is 3.38. The van der Waals surface area contributed by atoms with Crippen molar-refractivity contribution in [2.24, 2.45) is 0 Å². The highest BCUT2D eigenvalue weighted by atomic mass is 19.1. The van der Waals surface area contributed by atoms with Gasteiger partial charge in [-0.3, -0.25) is 0 Å². The Morgan fingerprint density at radius 3 is 2.28 bits per heavy atom. The molecule has 0 radical (unpaired) electrons. The van der Waals surface area contributed by atoms with E-state index < -0.39 is 0 Å². The predicted octanol–water partition coefficient (Wildman–Crippen LogP) is 4.95. The number of hydrogen-bond acceptors (Lipinski definition) is 0. The molecule has 0 bridgehead atoms. The lowest BCUT2D eigenvalue weighted by Crippen LogP contribution is -1.95. The first-order valence-corrected chi connectivity index (χ1v) is 6.55. The van der Waals surface area contributed by atoms with E-state index in [1.54, 1.807) is 0 Å². The summed E-state index contributed by atoms with van der Waals surface area (Å²) < 4.78 is 12.8. The highest BCUT2D eigenvalue weighted by Gasteiger charge is 2.04. The Hall–Kier alpha value is -1.63. The number of benzene rings is 2. The second kappa shape index (κ2) is 6.34. The third kappa shape index (κ3) is 3.69. The molecule has 1 unspecified atom stereocenters. The quantitative estimate of drug-likeness (QED) is 0.695. The van der Waals surface area contributed by atoms with Gasteiger partial charge in [0.1, 0.15) is 5.82 Å². The van der Waals surface area contributed by atoms with Crippen LogP contribution in [0.1, 0.15) is 36.8 Å². The van der Waals surface area contributed by atoms with E-state index in [0.717, 1.165) is 12.8 Å². The maximum atomic E-state index is 12.8. The number of hydrogen-bond donors (Lipinski definition) is 0. The Labute approximate surface area is 108 Å². The maximum absolute atomic E-state index is 12.8. The molecule has 0 saturated carbocycles. The molecule has 2 aromatic carbocycles. The number of aryl methyl sites for hydroxylation is 1. The van der Waals surface area contributed by atoms with E-state index in [1.165, 1.54) is 29.7 Å². The molecule has 2 aromatic rings. The van der Waals surface area contributed by atoms with Crippen LogP contribution in [0.2, 0.25) is 0 Å². The molecule has 0 amide bonds. The minimum absolute atomic E-state index is 0.156. The molecule has 0 N–H and O–H groups in total. The Morgan fingerprint density at radius 1 is 0.944 bits per heavy atom. The Morgan fingerprint density at radius 2 is 1.61 bits per heavy atom. The van der Waals surface area contributed by atoms with Crippen molar-refractivity contribution in [3.05, 3.63) is 71.5 Å². The lowest BCUT2D eigenvalue weighted by molar-refractivity contribution is 0.621. The summed E-state index contributed by atoms with van der Waals surface area (Å²) in [6.07, 6.45) is 3.33. The first-order chi connectivity index (χ1) is 8.75. The lowest BCUT2D eigenvalue weighted by Gasteiger charge is -2.11. The molecule has 0 fully saturated rings. The van der Waals surface area contributed by atoms with Crippen molar-refractivity contribution >= 4 is 0 Å². The van der Waals surface area contributed by atoms with Crippen LogP contribution in [0, 0.1) is 5.82 Å². The number of rotatable bonds is 5. The molecule has 0 aliphatic rings. The molecule has 1 heteroatoms. The van der Waals surface area contributed by atoms with Crippen molar-refractivity contribution in [2.75, 3.05) is 0 Å². The van der Waals surface area contributed by atoms with Gasteiger partial charge in [0.2, 0.25) is 0 Å². The van der Waals surface area contributed by atoms with E-state index in [1.807, 2.05) is 12.1 Å². The molecule has 0 spiro atoms. The van der Waals surface area contributed by atoms with E-state index in [0.29, 0.717) is 5.92 Å². The highest BCUT2D eigenvalue weighted by molar-refractivity contribution is 5.19. The van der Waals surface area contributed by atoms with E-state index in [-0.39, 0.29) is 5.82 Å². The zero-order chi connectivity index (χ0) is 12.8. The van der Waals surface area contributed by atoms with Gasteiger partial charge in [0.25, 0.3) is 0 Å². The fourth-order valence-electron chi connectivity index (χ4n) is 2.21. The highest BCUT2D eigenvalue weighted by Crippen LogP contribution is 2.21. The van der Waals surface area contributed by atoms with Gasteiger partial charge in [0.05, 0.1) is 0 Å². The van der Waals surface area contributed by atoms with Gasteiger partial charge >= 0.3 is 0 Å². The van der Waals surface area contributed by atoms with Crippen molar-refractivity contribution in [1.29, 1.82) is 0 Å². The predicted molar refractivity (Wildman–Crippen MR) is 74.2 cm³/mol. The van der Waals surface area contributed by atoms with Crippen LogP contribution in [0.25, 0.3) is 0 Å². The average Bonchev–Trinajstić information content (AvgIpc) is 2.42. The Kier molecular flexibility index (Phi) is 4.52. The molecular weight excluding hydrogens is 223 g/mol. The minimum Gasteiger partial charge on any atom is -0.207 e. The van der Waals surface area contributed by atoms with Gasteiger partial charge in [0, 0.05) is 0 Å². The second-order valence-electron chi connectivity index (χ2n) is 4.83. The van der Waals surface area contributed by atoms with Gasteiger partial charge < -0.3 is 0 Å². The van der Waals surface area contributed by atoms with Crippen molar-refractivity contribution in [3.63, 3.8) is 0 Å². The van der Waals surface area contributed by atoms with Crippen molar-refractivity contribution in [3.8, 4) is 0 Å². The molecule has 0 saturated heterocycles. The van der Waals surface area contributed by atoms with Crippen LogP contribution in [0.15, 0.2) is 54.6 Å². The van der Waals surface area contributed by atoms with Crippen LogP contribution in [-0.2, 0) is 6.42 Å². The van der Waals surface area contributed by atoms with E-state index in [4.69, 9.17) is 0 Å². The van der Waals surface area contributed by atoms with Crippen molar-refractivity contribution in [2.45, 2.75) is 32.1 Å². The smallest absolute Gasteiger partial charge is 0.123 e. The average molecular weight is 242 g/mol. The summed E-state index contributed by atoms with van der Waals surface area (Å²) >= 11 is 0. The molecule has 0 aliphatic carbocycles. The van der Waals surface area contributed by atoms with Gasteiger partial charge in [-0.25, -0.2) is 4.39 Å². The summed E-state index contributed by atoms with van der Waals surface area (Å²) in [6, 6.07) is 17.4. The standard InChI is InChI=1S/C17H19F/c1-14(16-8-3-2-4-9-16)6-5-7-15-10-12-17(18)13-11-15/h2-4,8-14H,5-7H2,1H3. The van der Waals surface area contributed by atoms with Gasteiger partial charge in [-0.2, -0.15) is 0 Å². The zero-order valence-electron chi connectivity index (χ0n) is 10.8. The molecule has 0 aliphatic heterocycles. The van der Waals surface area contributed by atoms with E-state index in [9.17, 15) is 4.39 Å². The molecule has 0 nitrogen and oxygen atoms in total. The summed E-state index contributed by atoms with van der Waals surface area (Å²) in [7, 11) is 0. The summed E-state index contributed by atoms with van der Waals surface area (Å²) in [5.41, 5.74) is 2.62. The first kappa shape index (κ1) is 12.8. The van der Waals surface area contributed by atoms with Crippen molar-refractivity contribution in [1.82, 2.24) is 0 Å². The fourth-order valence-corrected chi connectivity index (χ4v) is 2.21. The molecule has 1 atom stereocenters. The summed E-state index contributed by atoms with van der Waals surface area (Å²) in [4.78, 5) is 0. The van der Waals surface area contributed by atoms with Crippen LogP contribution >= 0.6 is 0 Å². The fraction of sp³-hybridized carbons (Fsp3) is 0.294. The third-order valence-corrected chi connectivity index (χ3v) is 3.38. The zero-order valence-corrected chi connectivity index (χ0v) is 10.8. The molecule has 0 heterocycles. The van der Waals surface area contributed by atoms with Gasteiger partial charge in [-0.05, 0) is 48.4 Å². The molecule has 94 valence electrons. The second-order valence-corrected chi connectivity index (χ2v) is 4.83. The van der Waals surface area contributed by atoms with Gasteiger partial charge in [0.15, 0.2) is 0 Å². The van der Waals surface area contributed by atoms with E-state index in [2.05, 4.69) is 37.3 Å². The summed E-state index contributed by atoms with van der Waals surface area (Å²) in [5.74, 6) is 0.433. The Balaban J connectivity index is 1.80. The van der Waals surface area contributed by atoms with E-state index >= 15 is 0 Å². The normalized spacial score (nSPS) is 12.3. The lowest BCUT2D eigenvalue weighted by atomic mass is 9.94. The maximum Gasteiger partial charge on any atom is 0.123 e. The summed E-state index contributed by atoms with van der Waals surface area (Å²) in [5, 5.41) is 0. The summed E-state index contributed by atoms with van der Waals surface area (Å²) in [6.45, 7) is 2.26. The van der Waals surface area contributed by atoms with Crippen LogP contribution in [0.4, 0.5) is 4.39 Å². The monoisotopic (exact) mass is 242 g/mol. The van der Waals surface area contributed by atoms with Crippen LogP contribution in [0.5, 0.6) is 0 Å². The van der Waals surface area contributed by atoms with Crippen molar-refractivity contribution < 1.29 is 4.39 Å². The van der Waals surface area contributed by atoms with Gasteiger partial charge in [-0.1, -0.05) is 49.4 Å². The van der Waals surface area contributed by atoms with Crippen LogP contribution < -0.4 is 0 Å². The minimum atomic E-state index is -0.156. The molecule has 2 rings (SSSR count). The molecule has 18 heavy (non-hydrogen) atoms. The van der Waals surface area contributed by atoms with Gasteiger partial charge in [-0.15, -0.1) is 0 Å².